The zero-order valence-corrected chi connectivity index (χ0v) is 9.13. The van der Waals surface area contributed by atoms with Crippen molar-refractivity contribution in [3.8, 4) is 0 Å². The summed E-state index contributed by atoms with van der Waals surface area (Å²) < 4.78 is 1.38. The van der Waals surface area contributed by atoms with Crippen LogP contribution in [0.25, 0.3) is 0 Å². The fraction of sp³-hybridized carbons (Fsp3) is 0.500. The summed E-state index contributed by atoms with van der Waals surface area (Å²) in [5, 5.41) is 16.2. The van der Waals surface area contributed by atoms with Crippen molar-refractivity contribution in [1.29, 1.82) is 0 Å². The molecule has 0 aromatic carbocycles. The van der Waals surface area contributed by atoms with Crippen LogP contribution >= 0.6 is 11.8 Å². The highest BCUT2D eigenvalue weighted by atomic mass is 32.2. The molecule has 1 amide bonds. The van der Waals surface area contributed by atoms with Crippen LogP contribution in [0.2, 0.25) is 0 Å². The standard InChI is InChI=1S/C8H10N4O3S/c13-7(3-11-2-1-9-10-11)12-5-16-4-6(12)8(14)15/h1-2,6H,3-5H2,(H,14,15). The summed E-state index contributed by atoms with van der Waals surface area (Å²) in [5.41, 5.74) is 0. The molecule has 1 unspecified atom stereocenters. The van der Waals surface area contributed by atoms with E-state index in [1.807, 2.05) is 0 Å². The number of thioether (sulfide) groups is 1. The molecule has 8 heteroatoms. The molecule has 0 spiro atoms. The summed E-state index contributed by atoms with van der Waals surface area (Å²) in [4.78, 5) is 24.0. The minimum Gasteiger partial charge on any atom is -0.480 e. The Labute approximate surface area is 95.4 Å². The lowest BCUT2D eigenvalue weighted by Crippen LogP contribution is -2.43. The van der Waals surface area contributed by atoms with Gasteiger partial charge in [-0.3, -0.25) is 4.79 Å². The van der Waals surface area contributed by atoms with Gasteiger partial charge in [0, 0.05) is 11.9 Å². The molecular formula is C8H10N4O3S. The Kier molecular flexibility index (Phi) is 3.09. The van der Waals surface area contributed by atoms with E-state index in [0.29, 0.717) is 11.6 Å². The average Bonchev–Trinajstić information content (AvgIpc) is 2.86. The van der Waals surface area contributed by atoms with Gasteiger partial charge in [0.15, 0.2) is 0 Å². The van der Waals surface area contributed by atoms with E-state index in [0.717, 1.165) is 0 Å². The molecule has 0 saturated carbocycles. The van der Waals surface area contributed by atoms with Crippen molar-refractivity contribution in [2.75, 3.05) is 11.6 Å². The molecule has 1 aliphatic rings. The minimum atomic E-state index is -0.961. The first kappa shape index (κ1) is 10.9. The van der Waals surface area contributed by atoms with Gasteiger partial charge in [-0.1, -0.05) is 5.21 Å². The lowest BCUT2D eigenvalue weighted by Gasteiger charge is -2.19. The van der Waals surface area contributed by atoms with E-state index < -0.39 is 12.0 Å². The van der Waals surface area contributed by atoms with Crippen molar-refractivity contribution in [2.24, 2.45) is 0 Å². The number of hydrogen-bond donors (Lipinski definition) is 1. The van der Waals surface area contributed by atoms with Gasteiger partial charge in [0.05, 0.1) is 12.1 Å². The quantitative estimate of drug-likeness (QED) is 0.751. The number of carboxylic acids is 1. The number of hydrogen-bond acceptors (Lipinski definition) is 5. The predicted molar refractivity (Wildman–Crippen MR) is 55.6 cm³/mol. The van der Waals surface area contributed by atoms with E-state index in [1.165, 1.54) is 27.5 Å². The summed E-state index contributed by atoms with van der Waals surface area (Å²) in [7, 11) is 0. The van der Waals surface area contributed by atoms with Gasteiger partial charge in [-0.05, 0) is 0 Å². The molecular weight excluding hydrogens is 232 g/mol. The maximum atomic E-state index is 11.8. The Morgan fingerprint density at radius 1 is 1.56 bits per heavy atom. The third-order valence-electron chi connectivity index (χ3n) is 2.26. The summed E-state index contributed by atoms with van der Waals surface area (Å²) >= 11 is 1.44. The Hall–Kier alpha value is -1.57. The Bertz CT molecular complexity index is 394. The van der Waals surface area contributed by atoms with E-state index in [4.69, 9.17) is 5.11 Å². The van der Waals surface area contributed by atoms with Crippen molar-refractivity contribution in [2.45, 2.75) is 12.6 Å². The van der Waals surface area contributed by atoms with Gasteiger partial charge >= 0.3 is 5.97 Å². The summed E-state index contributed by atoms with van der Waals surface area (Å²) in [6.07, 6.45) is 3.04. The summed E-state index contributed by atoms with van der Waals surface area (Å²) in [6, 6.07) is -0.721. The highest BCUT2D eigenvalue weighted by Gasteiger charge is 2.34. The molecule has 1 aromatic heterocycles. The lowest BCUT2D eigenvalue weighted by atomic mass is 10.3. The second-order valence-corrected chi connectivity index (χ2v) is 4.32. The third kappa shape index (κ3) is 2.16. The Morgan fingerprint density at radius 3 is 3.00 bits per heavy atom. The molecule has 1 fully saturated rings. The van der Waals surface area contributed by atoms with Gasteiger partial charge in [0.25, 0.3) is 0 Å². The molecule has 1 atom stereocenters. The van der Waals surface area contributed by atoms with Crippen LogP contribution < -0.4 is 0 Å². The molecule has 2 rings (SSSR count). The van der Waals surface area contributed by atoms with E-state index >= 15 is 0 Å². The number of carboxylic acid groups (broad SMARTS) is 1. The first-order valence-corrected chi connectivity index (χ1v) is 5.78. The molecule has 1 saturated heterocycles. The van der Waals surface area contributed by atoms with Gasteiger partial charge in [0.1, 0.15) is 12.6 Å². The van der Waals surface area contributed by atoms with Crippen LogP contribution in [-0.2, 0) is 16.1 Å². The SMILES string of the molecule is O=C(O)C1CSCN1C(=O)Cn1ccnn1. The van der Waals surface area contributed by atoms with Gasteiger partial charge in [-0.15, -0.1) is 16.9 Å². The molecule has 0 aliphatic carbocycles. The number of carbonyl (C=O) groups excluding carboxylic acids is 1. The minimum absolute atomic E-state index is 0.0321. The molecule has 1 aromatic rings. The normalized spacial score (nSPS) is 20.0. The maximum absolute atomic E-state index is 11.8. The van der Waals surface area contributed by atoms with Gasteiger partial charge in [0.2, 0.25) is 5.91 Å². The van der Waals surface area contributed by atoms with E-state index in [-0.39, 0.29) is 12.5 Å². The Morgan fingerprint density at radius 2 is 2.38 bits per heavy atom. The third-order valence-corrected chi connectivity index (χ3v) is 3.27. The molecule has 0 radical (unpaired) electrons. The van der Waals surface area contributed by atoms with Crippen molar-refractivity contribution >= 4 is 23.6 Å². The van der Waals surface area contributed by atoms with E-state index in [1.54, 1.807) is 6.20 Å². The van der Waals surface area contributed by atoms with Crippen LogP contribution in [0.3, 0.4) is 0 Å². The highest BCUT2D eigenvalue weighted by molar-refractivity contribution is 7.99. The fourth-order valence-corrected chi connectivity index (χ4v) is 2.61. The maximum Gasteiger partial charge on any atom is 0.327 e. The molecule has 86 valence electrons. The van der Waals surface area contributed by atoms with Crippen molar-refractivity contribution in [1.82, 2.24) is 19.9 Å². The van der Waals surface area contributed by atoms with Crippen LogP contribution in [0, 0.1) is 0 Å². The van der Waals surface area contributed by atoms with Crippen LogP contribution in [0.15, 0.2) is 12.4 Å². The first-order valence-electron chi connectivity index (χ1n) is 4.62. The summed E-state index contributed by atoms with van der Waals surface area (Å²) in [6.45, 7) is 0.0321. The molecule has 16 heavy (non-hydrogen) atoms. The molecule has 7 nitrogen and oxygen atoms in total. The van der Waals surface area contributed by atoms with Crippen LogP contribution in [-0.4, -0.2) is 54.5 Å². The number of carbonyl (C=O) groups is 2. The van der Waals surface area contributed by atoms with Gasteiger partial charge in [-0.2, -0.15) is 0 Å². The van der Waals surface area contributed by atoms with E-state index in [9.17, 15) is 9.59 Å². The number of aliphatic carboxylic acids is 1. The lowest BCUT2D eigenvalue weighted by molar-refractivity contribution is -0.148. The molecule has 2 heterocycles. The van der Waals surface area contributed by atoms with Crippen molar-refractivity contribution in [3.05, 3.63) is 12.4 Å². The number of amides is 1. The van der Waals surface area contributed by atoms with Crippen LogP contribution in [0.4, 0.5) is 0 Å². The number of nitrogens with zero attached hydrogens (tertiary/aromatic N) is 4. The van der Waals surface area contributed by atoms with Gasteiger partial charge in [-0.25, -0.2) is 9.48 Å². The smallest absolute Gasteiger partial charge is 0.327 e. The molecule has 0 bridgehead atoms. The highest BCUT2D eigenvalue weighted by Crippen LogP contribution is 2.21. The second-order valence-electron chi connectivity index (χ2n) is 3.32. The second kappa shape index (κ2) is 4.52. The largest absolute Gasteiger partial charge is 0.480 e. The topological polar surface area (TPSA) is 88.3 Å². The summed E-state index contributed by atoms with van der Waals surface area (Å²) in [5.74, 6) is -0.344. The van der Waals surface area contributed by atoms with Crippen molar-refractivity contribution < 1.29 is 14.7 Å². The van der Waals surface area contributed by atoms with E-state index in [2.05, 4.69) is 10.3 Å². The monoisotopic (exact) mass is 242 g/mol. The van der Waals surface area contributed by atoms with Crippen molar-refractivity contribution in [3.63, 3.8) is 0 Å². The average molecular weight is 242 g/mol. The predicted octanol–water partition coefficient (Wildman–Crippen LogP) is -0.736. The van der Waals surface area contributed by atoms with Crippen LogP contribution in [0.1, 0.15) is 0 Å². The molecule has 1 N–H and O–H groups in total. The van der Waals surface area contributed by atoms with Gasteiger partial charge < -0.3 is 10.0 Å². The zero-order chi connectivity index (χ0) is 11.5. The first-order chi connectivity index (χ1) is 7.68. The molecule has 1 aliphatic heterocycles. The fourth-order valence-electron chi connectivity index (χ4n) is 1.44. The Balaban J connectivity index is 2.01. The number of rotatable bonds is 3. The van der Waals surface area contributed by atoms with Crippen LogP contribution in [0.5, 0.6) is 0 Å². The number of aromatic nitrogens is 3. The zero-order valence-electron chi connectivity index (χ0n) is 8.31.